The molecule has 4 aliphatic carbocycles. The number of aliphatic hydroxyl groups is 2. The van der Waals surface area contributed by atoms with Crippen molar-refractivity contribution in [3.05, 3.63) is 16.6 Å². The molecular weight excluding hydrogens is 314 g/mol. The molecule has 4 heteroatoms. The van der Waals surface area contributed by atoms with Crippen molar-refractivity contribution in [2.75, 3.05) is 0 Å². The highest BCUT2D eigenvalue weighted by atomic mass is 16.3. The molecule has 140 valence electrons. The van der Waals surface area contributed by atoms with E-state index in [1.807, 2.05) is 0 Å². The normalized spacial score (nSPS) is 53.2. The fourth-order valence-electron chi connectivity index (χ4n) is 7.47. The molecule has 4 aliphatic rings. The summed E-state index contributed by atoms with van der Waals surface area (Å²) >= 11 is 0. The lowest BCUT2D eigenvalue weighted by Crippen LogP contribution is -2.57. The maximum absolute atomic E-state index is 11.4. The largest absolute Gasteiger partial charge is 0.393 e. The zero-order chi connectivity index (χ0) is 18.0. The Bertz CT molecular complexity index is 604. The minimum Gasteiger partial charge on any atom is -0.393 e. The summed E-state index contributed by atoms with van der Waals surface area (Å²) in [5, 5.41) is 24.7. The van der Waals surface area contributed by atoms with Crippen molar-refractivity contribution in [2.24, 2.45) is 33.8 Å². The lowest BCUT2D eigenvalue weighted by Gasteiger charge is -2.59. The van der Waals surface area contributed by atoms with Crippen LogP contribution >= 0.6 is 0 Å². The Kier molecular flexibility index (Phi) is 3.98. The first-order valence-corrected chi connectivity index (χ1v) is 10.2. The van der Waals surface area contributed by atoms with Crippen LogP contribution in [0.2, 0.25) is 0 Å². The van der Waals surface area contributed by atoms with Gasteiger partial charge >= 0.3 is 0 Å². The van der Waals surface area contributed by atoms with Gasteiger partial charge in [0.05, 0.1) is 11.7 Å². The van der Waals surface area contributed by atoms with E-state index in [1.165, 1.54) is 5.57 Å². The molecular formula is C21H33NO3. The van der Waals surface area contributed by atoms with E-state index in [9.17, 15) is 15.1 Å². The van der Waals surface area contributed by atoms with Crippen molar-refractivity contribution >= 4 is 0 Å². The molecule has 0 aromatic heterocycles. The number of hydrogen-bond donors (Lipinski definition) is 2. The quantitative estimate of drug-likeness (QED) is 0.581. The first-order valence-electron chi connectivity index (χ1n) is 10.2. The summed E-state index contributed by atoms with van der Waals surface area (Å²) in [6.45, 7) is 6.42. The zero-order valence-electron chi connectivity index (χ0n) is 15.9. The van der Waals surface area contributed by atoms with E-state index in [2.05, 4.69) is 25.1 Å². The number of nitroso groups, excluding NO2 is 1. The van der Waals surface area contributed by atoms with Crippen LogP contribution in [0.15, 0.2) is 16.8 Å². The van der Waals surface area contributed by atoms with Crippen molar-refractivity contribution in [3.63, 3.8) is 0 Å². The Morgan fingerprint density at radius 1 is 1.16 bits per heavy atom. The second kappa shape index (κ2) is 5.63. The molecule has 0 radical (unpaired) electrons. The molecule has 3 fully saturated rings. The molecule has 0 saturated heterocycles. The topological polar surface area (TPSA) is 69.9 Å². The molecule has 0 spiro atoms. The van der Waals surface area contributed by atoms with E-state index >= 15 is 0 Å². The molecule has 0 aromatic rings. The summed E-state index contributed by atoms with van der Waals surface area (Å²) < 4.78 is 0. The molecule has 4 nitrogen and oxygen atoms in total. The maximum Gasteiger partial charge on any atom is 0.118 e. The first-order chi connectivity index (χ1) is 11.8. The zero-order valence-corrected chi connectivity index (χ0v) is 15.9. The average molecular weight is 347 g/mol. The van der Waals surface area contributed by atoms with Gasteiger partial charge in [-0.15, -0.1) is 0 Å². The number of rotatable bonds is 2. The summed E-state index contributed by atoms with van der Waals surface area (Å²) in [6, 6.07) is -0.533. The fourth-order valence-corrected chi connectivity index (χ4v) is 7.47. The molecule has 1 unspecified atom stereocenters. The van der Waals surface area contributed by atoms with Gasteiger partial charge in [-0.1, -0.05) is 30.7 Å². The van der Waals surface area contributed by atoms with Crippen molar-refractivity contribution in [2.45, 2.75) is 89.9 Å². The predicted molar refractivity (Wildman–Crippen MR) is 97.9 cm³/mol. The Hall–Kier alpha value is -0.740. The van der Waals surface area contributed by atoms with Crippen LogP contribution < -0.4 is 0 Å². The minimum atomic E-state index is -0.946. The van der Waals surface area contributed by atoms with Gasteiger partial charge in [0.2, 0.25) is 0 Å². The van der Waals surface area contributed by atoms with Gasteiger partial charge in [-0.3, -0.25) is 0 Å². The van der Waals surface area contributed by atoms with Crippen LogP contribution in [0.25, 0.3) is 0 Å². The number of nitrogens with zero attached hydrogens (tertiary/aromatic N) is 1. The van der Waals surface area contributed by atoms with Gasteiger partial charge < -0.3 is 10.2 Å². The third-order valence-corrected chi connectivity index (χ3v) is 9.14. The van der Waals surface area contributed by atoms with Crippen molar-refractivity contribution < 1.29 is 10.2 Å². The average Bonchev–Trinajstić information content (AvgIpc) is 2.87. The Balaban J connectivity index is 1.68. The van der Waals surface area contributed by atoms with Gasteiger partial charge in [0, 0.05) is 5.41 Å². The molecule has 25 heavy (non-hydrogen) atoms. The lowest BCUT2D eigenvalue weighted by molar-refractivity contribution is -0.132. The molecule has 0 heterocycles. The molecule has 0 aromatic carbocycles. The number of allylic oxidation sites excluding steroid dienone is 1. The summed E-state index contributed by atoms with van der Waals surface area (Å²) in [4.78, 5) is 11.2. The van der Waals surface area contributed by atoms with Crippen molar-refractivity contribution in [3.8, 4) is 0 Å². The molecule has 0 aliphatic heterocycles. The van der Waals surface area contributed by atoms with Crippen LogP contribution in [0.5, 0.6) is 0 Å². The van der Waals surface area contributed by atoms with Gasteiger partial charge in [-0.05, 0) is 81.5 Å². The van der Waals surface area contributed by atoms with Crippen LogP contribution in [0.4, 0.5) is 0 Å². The van der Waals surface area contributed by atoms with Crippen molar-refractivity contribution in [1.29, 1.82) is 0 Å². The minimum absolute atomic E-state index is 0.166. The SMILES string of the molecule is CC(N=O)[C@@]1(O)CC[C@H]2[C@@H]3CC=C4C[C@@H](O)CC[C@]4(C)[C@H]3CC[C@@]21C. The van der Waals surface area contributed by atoms with Gasteiger partial charge in [0.25, 0.3) is 0 Å². The third-order valence-electron chi connectivity index (χ3n) is 9.14. The van der Waals surface area contributed by atoms with Gasteiger partial charge in [-0.2, -0.15) is 4.91 Å². The Labute approximate surface area is 151 Å². The smallest absolute Gasteiger partial charge is 0.118 e. The van der Waals surface area contributed by atoms with Crippen LogP contribution in [-0.4, -0.2) is 28.0 Å². The number of aliphatic hydroxyl groups excluding tert-OH is 1. The number of fused-ring (bicyclic) bond motifs is 5. The predicted octanol–water partition coefficient (Wildman–Crippen LogP) is 4.20. The highest BCUT2D eigenvalue weighted by molar-refractivity contribution is 5.26. The van der Waals surface area contributed by atoms with Crippen LogP contribution in [0.3, 0.4) is 0 Å². The van der Waals surface area contributed by atoms with E-state index in [0.29, 0.717) is 24.2 Å². The van der Waals surface area contributed by atoms with E-state index in [4.69, 9.17) is 0 Å². The van der Waals surface area contributed by atoms with Crippen LogP contribution in [-0.2, 0) is 0 Å². The second-order valence-electron chi connectivity index (χ2n) is 9.86. The summed E-state index contributed by atoms with van der Waals surface area (Å²) in [5.41, 5.74) is 0.556. The summed E-state index contributed by atoms with van der Waals surface area (Å²) in [5.74, 6) is 1.72. The van der Waals surface area contributed by atoms with Crippen LogP contribution in [0.1, 0.15) is 72.1 Å². The van der Waals surface area contributed by atoms with E-state index in [-0.39, 0.29) is 16.9 Å². The van der Waals surface area contributed by atoms with Crippen LogP contribution in [0, 0.1) is 33.5 Å². The number of hydrogen-bond acceptors (Lipinski definition) is 4. The van der Waals surface area contributed by atoms with Gasteiger partial charge in [-0.25, -0.2) is 0 Å². The summed E-state index contributed by atoms with van der Waals surface area (Å²) in [7, 11) is 0. The highest BCUT2D eigenvalue weighted by Gasteiger charge is 2.65. The summed E-state index contributed by atoms with van der Waals surface area (Å²) in [6.07, 6.45) is 9.98. The molecule has 4 rings (SSSR count). The third kappa shape index (κ3) is 2.19. The molecule has 3 saturated carbocycles. The molecule has 8 atom stereocenters. The fraction of sp³-hybridized carbons (Fsp3) is 0.905. The monoisotopic (exact) mass is 347 g/mol. The lowest BCUT2D eigenvalue weighted by atomic mass is 9.46. The molecule has 0 amide bonds. The van der Waals surface area contributed by atoms with Crippen molar-refractivity contribution in [1.82, 2.24) is 0 Å². The van der Waals surface area contributed by atoms with Gasteiger partial charge in [0.15, 0.2) is 0 Å². The Morgan fingerprint density at radius 2 is 1.88 bits per heavy atom. The highest BCUT2D eigenvalue weighted by Crippen LogP contribution is 2.67. The van der Waals surface area contributed by atoms with E-state index < -0.39 is 11.6 Å². The standard InChI is InChI=1S/C21H33NO3/c1-13(22-25)21(24)11-8-18-16-5-4-14-12-15(23)6-9-19(14,2)17(16)7-10-20(18,21)3/h4,13,15-18,23-24H,5-12H2,1-3H3/t13?,15-,16+,17-,18-,19-,20-,21-/m0/s1. The maximum atomic E-state index is 11.4. The van der Waals surface area contributed by atoms with Gasteiger partial charge in [0.1, 0.15) is 6.04 Å². The Morgan fingerprint density at radius 3 is 2.60 bits per heavy atom. The molecule has 0 bridgehead atoms. The van der Waals surface area contributed by atoms with E-state index in [0.717, 1.165) is 44.9 Å². The van der Waals surface area contributed by atoms with E-state index in [1.54, 1.807) is 6.92 Å². The first kappa shape index (κ1) is 17.7. The second-order valence-corrected chi connectivity index (χ2v) is 9.86. The molecule has 2 N–H and O–H groups in total.